The third kappa shape index (κ3) is 3.92. The quantitative estimate of drug-likeness (QED) is 0.622. The first kappa shape index (κ1) is 18.8. The van der Waals surface area contributed by atoms with E-state index in [1.807, 2.05) is 0 Å². The molecule has 0 unspecified atom stereocenters. The molecule has 0 atom stereocenters. The molecule has 0 spiro atoms. The first-order valence-corrected chi connectivity index (χ1v) is 10.0. The molecule has 1 aromatic rings. The van der Waals surface area contributed by atoms with Gasteiger partial charge in [0.1, 0.15) is 0 Å². The molecule has 0 N–H and O–H groups in total. The van der Waals surface area contributed by atoms with E-state index in [1.165, 1.54) is 23.9 Å². The molecule has 124 valence electrons. The van der Waals surface area contributed by atoms with E-state index in [1.54, 1.807) is 10.9 Å². The van der Waals surface area contributed by atoms with Crippen LogP contribution in [0.3, 0.4) is 0 Å². The summed E-state index contributed by atoms with van der Waals surface area (Å²) in [5, 5.41) is 0.330. The van der Waals surface area contributed by atoms with Gasteiger partial charge in [-0.3, -0.25) is 0 Å². The van der Waals surface area contributed by atoms with Crippen LogP contribution in [0.25, 0.3) is 0 Å². The molecule has 1 aromatic carbocycles. The molecule has 0 fully saturated rings. The number of benzene rings is 1. The topological polar surface area (TPSA) is 0 Å². The predicted octanol–water partition coefficient (Wildman–Crippen LogP) is 5.92. The molecule has 0 radical (unpaired) electrons. The minimum atomic E-state index is 0.229. The minimum absolute atomic E-state index is 0.229. The number of hydrogen-bond acceptors (Lipinski definition) is 1. The van der Waals surface area contributed by atoms with Gasteiger partial charge in [-0.25, -0.2) is 11.5 Å². The van der Waals surface area contributed by atoms with Gasteiger partial charge in [-0.15, -0.1) is 0 Å². The van der Waals surface area contributed by atoms with Crippen LogP contribution in [-0.2, 0) is 5.41 Å². The van der Waals surface area contributed by atoms with Crippen LogP contribution in [0.5, 0.6) is 0 Å². The van der Waals surface area contributed by atoms with Gasteiger partial charge >= 0.3 is 0 Å². The second-order valence-electron chi connectivity index (χ2n) is 8.89. The molecule has 0 saturated heterocycles. The molecule has 0 nitrogen and oxygen atoms in total. The van der Waals surface area contributed by atoms with Crippen LogP contribution in [0, 0.1) is 0 Å². The van der Waals surface area contributed by atoms with Gasteiger partial charge in [-0.05, 0) is 29.1 Å². The van der Waals surface area contributed by atoms with Crippen LogP contribution >= 0.6 is 11.5 Å². The van der Waals surface area contributed by atoms with Crippen LogP contribution in [0.1, 0.15) is 73.8 Å². The molecular formula is C20H32B2S. The van der Waals surface area contributed by atoms with Crippen molar-refractivity contribution in [3.63, 3.8) is 0 Å². The zero-order valence-corrected chi connectivity index (χ0v) is 17.1. The van der Waals surface area contributed by atoms with Gasteiger partial charge in [0.15, 0.2) is 0 Å². The zero-order chi connectivity index (χ0) is 17.4. The maximum absolute atomic E-state index is 2.39. The lowest BCUT2D eigenvalue weighted by atomic mass is 9.45. The van der Waals surface area contributed by atoms with E-state index in [2.05, 4.69) is 91.1 Å². The van der Waals surface area contributed by atoms with E-state index in [9.17, 15) is 0 Å². The molecule has 0 amide bonds. The van der Waals surface area contributed by atoms with E-state index in [4.69, 9.17) is 0 Å². The van der Waals surface area contributed by atoms with Crippen LogP contribution in [0.15, 0.2) is 35.2 Å². The predicted molar refractivity (Wildman–Crippen MR) is 111 cm³/mol. The van der Waals surface area contributed by atoms with E-state index >= 15 is 0 Å². The maximum atomic E-state index is 2.39. The fourth-order valence-corrected chi connectivity index (χ4v) is 5.59. The number of rotatable bonds is 3. The summed E-state index contributed by atoms with van der Waals surface area (Å²) in [4.78, 5) is 0. The van der Waals surface area contributed by atoms with Gasteiger partial charge in [0.05, 0.1) is 0 Å². The molecule has 1 aliphatic heterocycles. The normalized spacial score (nSPS) is 16.5. The van der Waals surface area contributed by atoms with E-state index in [0.717, 1.165) is 0 Å². The Bertz CT molecular complexity index is 573. The van der Waals surface area contributed by atoms with Crippen molar-refractivity contribution >= 4 is 28.9 Å². The first-order chi connectivity index (χ1) is 10.6. The Labute approximate surface area is 148 Å². The van der Waals surface area contributed by atoms with Gasteiger partial charge in [-0.2, -0.15) is 0 Å². The summed E-state index contributed by atoms with van der Waals surface area (Å²) in [5.74, 6) is 1.20. The molecule has 23 heavy (non-hydrogen) atoms. The van der Waals surface area contributed by atoms with Gasteiger partial charge < -0.3 is 0 Å². The zero-order valence-electron chi connectivity index (χ0n) is 16.3. The summed E-state index contributed by atoms with van der Waals surface area (Å²) in [6, 6.07) is 9.40. The van der Waals surface area contributed by atoms with E-state index in [-0.39, 0.29) is 5.41 Å². The molecule has 0 aromatic heterocycles. The van der Waals surface area contributed by atoms with Crippen molar-refractivity contribution in [2.45, 2.75) is 79.0 Å². The van der Waals surface area contributed by atoms with Gasteiger partial charge in [0.25, 0.3) is 5.99 Å². The highest BCUT2D eigenvalue weighted by molar-refractivity contribution is 8.48. The molecule has 0 bridgehead atoms. The van der Waals surface area contributed by atoms with Gasteiger partial charge in [0.2, 0.25) is 5.99 Å². The van der Waals surface area contributed by atoms with Crippen molar-refractivity contribution < 1.29 is 0 Å². The van der Waals surface area contributed by atoms with Crippen molar-refractivity contribution in [2.24, 2.45) is 0 Å². The Kier molecular flexibility index (Phi) is 5.51. The van der Waals surface area contributed by atoms with Crippen LogP contribution in [-0.4, -0.2) is 12.0 Å². The van der Waals surface area contributed by atoms with Gasteiger partial charge in [0, 0.05) is 0 Å². The third-order valence-corrected chi connectivity index (χ3v) is 7.04. The van der Waals surface area contributed by atoms with Crippen molar-refractivity contribution in [1.82, 2.24) is 0 Å². The van der Waals surface area contributed by atoms with Gasteiger partial charge in [-0.1, -0.05) is 96.1 Å². The van der Waals surface area contributed by atoms with E-state index in [0.29, 0.717) is 17.3 Å². The molecule has 1 heterocycles. The molecule has 2 rings (SSSR count). The second-order valence-corrected chi connectivity index (χ2v) is 10.1. The van der Waals surface area contributed by atoms with Crippen molar-refractivity contribution in [2.75, 3.05) is 0 Å². The minimum Gasteiger partial charge on any atom is -0.238 e. The summed E-state index contributed by atoms with van der Waals surface area (Å²) in [6.45, 7) is 18.7. The lowest BCUT2D eigenvalue weighted by molar-refractivity contribution is 0.590. The molecule has 1 aliphatic rings. The lowest BCUT2D eigenvalue weighted by Gasteiger charge is -2.26. The van der Waals surface area contributed by atoms with Crippen LogP contribution < -0.4 is 5.46 Å². The first-order valence-electron chi connectivity index (χ1n) is 9.07. The van der Waals surface area contributed by atoms with Crippen molar-refractivity contribution in [3.05, 3.63) is 40.8 Å². The van der Waals surface area contributed by atoms with Crippen LogP contribution in [0.4, 0.5) is 0 Å². The Hall–Kier alpha value is -0.560. The smallest absolute Gasteiger partial charge is 0.238 e. The highest BCUT2D eigenvalue weighted by Crippen LogP contribution is 2.47. The number of hydrogen-bond donors (Lipinski definition) is 0. The van der Waals surface area contributed by atoms with E-state index < -0.39 is 0 Å². The fourth-order valence-electron chi connectivity index (χ4n) is 3.63. The van der Waals surface area contributed by atoms with Crippen molar-refractivity contribution in [1.29, 1.82) is 0 Å². The summed E-state index contributed by atoms with van der Waals surface area (Å²) >= 11 is 2.18. The monoisotopic (exact) mass is 326 g/mol. The Morgan fingerprint density at radius 2 is 1.35 bits per heavy atom. The second kappa shape index (κ2) is 6.75. The standard InChI is InChI=1S/C20H32B2S/c1-9-17-18(10-2)22(20(6,7)8)23-21(17)16-13-11-15(12-14-16)19(3,4)5/h11-14H,9-10H2,1-8H3. The Morgan fingerprint density at radius 1 is 0.826 bits per heavy atom. The Morgan fingerprint density at radius 3 is 1.74 bits per heavy atom. The summed E-state index contributed by atoms with van der Waals surface area (Å²) in [5.41, 5.74) is 6.52. The highest BCUT2D eigenvalue weighted by Gasteiger charge is 2.43. The van der Waals surface area contributed by atoms with Crippen LogP contribution in [0.2, 0.25) is 5.31 Å². The largest absolute Gasteiger partial charge is 0.259 e. The lowest BCUT2D eigenvalue weighted by Crippen LogP contribution is -2.30. The van der Waals surface area contributed by atoms with Crippen molar-refractivity contribution in [3.8, 4) is 0 Å². The number of allylic oxidation sites excluding steroid dienone is 2. The SMILES string of the molecule is CCC1=C(CC)B(C(C)(C)C)SB1c1ccc(C(C)(C)C)cc1. The third-order valence-electron chi connectivity index (χ3n) is 4.95. The summed E-state index contributed by atoms with van der Waals surface area (Å²) in [6.07, 6.45) is 2.36. The molecular weight excluding hydrogens is 294 g/mol. The summed E-state index contributed by atoms with van der Waals surface area (Å²) < 4.78 is 0. The average molecular weight is 326 g/mol. The fraction of sp³-hybridized carbons (Fsp3) is 0.600. The summed E-state index contributed by atoms with van der Waals surface area (Å²) in [7, 11) is 0. The average Bonchev–Trinajstić information content (AvgIpc) is 2.85. The highest BCUT2D eigenvalue weighted by atomic mass is 32.2. The maximum Gasteiger partial charge on any atom is 0.259 e. The molecule has 0 aliphatic carbocycles. The Balaban J connectivity index is 2.38. The molecule has 0 saturated carbocycles. The molecule has 3 heteroatoms.